The van der Waals surface area contributed by atoms with Gasteiger partial charge >= 0.3 is 5.97 Å². The van der Waals surface area contributed by atoms with E-state index in [9.17, 15) is 4.79 Å². The second-order valence-electron chi connectivity index (χ2n) is 6.54. The number of nitrogens with two attached hydrogens (primary N) is 1. The lowest BCUT2D eigenvalue weighted by Crippen LogP contribution is -2.12. The summed E-state index contributed by atoms with van der Waals surface area (Å²) in [6.45, 7) is 3.99. The lowest BCUT2D eigenvalue weighted by molar-refractivity contribution is -0.135. The Balaban J connectivity index is 0.000000330. The number of hydrogen-bond donors (Lipinski definition) is 3. The van der Waals surface area contributed by atoms with E-state index in [0.29, 0.717) is 41.3 Å². The van der Waals surface area contributed by atoms with Crippen molar-refractivity contribution in [3.05, 3.63) is 84.2 Å². The molecule has 1 saturated heterocycles. The van der Waals surface area contributed by atoms with E-state index in [1.807, 2.05) is 54.6 Å². The van der Waals surface area contributed by atoms with E-state index < -0.39 is 0 Å². The van der Waals surface area contributed by atoms with Crippen LogP contribution in [0.1, 0.15) is 17.5 Å². The summed E-state index contributed by atoms with van der Waals surface area (Å²) in [5, 5.41) is 11.3. The number of nitrogen functional groups attached to an aromatic ring is 1. The highest BCUT2D eigenvalue weighted by molar-refractivity contribution is 6.16. The van der Waals surface area contributed by atoms with Gasteiger partial charge in [0.1, 0.15) is 29.5 Å². The van der Waals surface area contributed by atoms with Crippen molar-refractivity contribution in [2.45, 2.75) is 6.42 Å². The third-order valence-corrected chi connectivity index (χ3v) is 4.41. The molecule has 2 aromatic carbocycles. The van der Waals surface area contributed by atoms with Crippen LogP contribution in [0.4, 0.5) is 11.6 Å². The lowest BCUT2D eigenvalue weighted by Gasteiger charge is -2.12. The number of ether oxygens (including phenoxy) is 2. The van der Waals surface area contributed by atoms with Gasteiger partial charge in [-0.05, 0) is 36.4 Å². The highest BCUT2D eigenvalue weighted by atomic mass is 16.5. The van der Waals surface area contributed by atoms with Crippen LogP contribution in [0.15, 0.2) is 73.1 Å². The van der Waals surface area contributed by atoms with Gasteiger partial charge in [-0.2, -0.15) is 0 Å². The minimum atomic E-state index is -0.236. The van der Waals surface area contributed by atoms with Gasteiger partial charge in [-0.15, -0.1) is 0 Å². The average Bonchev–Trinajstić information content (AvgIpc) is 3.17. The number of hydrogen-bond acceptors (Lipinski definition) is 8. The molecule has 0 spiro atoms. The van der Waals surface area contributed by atoms with Crippen molar-refractivity contribution < 1.29 is 14.3 Å². The van der Waals surface area contributed by atoms with Crippen LogP contribution in [-0.2, 0) is 9.53 Å². The maximum Gasteiger partial charge on any atom is 0.333 e. The second kappa shape index (κ2) is 10.0. The van der Waals surface area contributed by atoms with E-state index in [1.54, 1.807) is 7.05 Å². The Morgan fingerprint density at radius 2 is 1.81 bits per heavy atom. The summed E-state index contributed by atoms with van der Waals surface area (Å²) in [7, 11) is 1.73. The van der Waals surface area contributed by atoms with Crippen molar-refractivity contribution in [3.63, 3.8) is 0 Å². The molecule has 0 atom stereocenters. The number of carbonyl (C=O) groups is 1. The van der Waals surface area contributed by atoms with Crippen molar-refractivity contribution in [1.82, 2.24) is 9.97 Å². The van der Waals surface area contributed by atoms with Gasteiger partial charge in [-0.1, -0.05) is 24.8 Å². The molecule has 1 aliphatic rings. The third-order valence-electron chi connectivity index (χ3n) is 4.41. The van der Waals surface area contributed by atoms with E-state index in [4.69, 9.17) is 15.9 Å². The molecule has 8 nitrogen and oxygen atoms in total. The van der Waals surface area contributed by atoms with Crippen LogP contribution in [-0.4, -0.2) is 35.3 Å². The Morgan fingerprint density at radius 1 is 1.13 bits per heavy atom. The number of nitrogens with one attached hydrogen (secondary N) is 2. The molecule has 1 aliphatic heterocycles. The van der Waals surface area contributed by atoms with E-state index in [0.717, 1.165) is 5.75 Å². The molecule has 0 bridgehead atoms. The average molecular weight is 417 g/mol. The molecular weight excluding hydrogens is 394 g/mol. The smallest absolute Gasteiger partial charge is 0.333 e. The molecule has 8 heteroatoms. The number of anilines is 2. The summed E-state index contributed by atoms with van der Waals surface area (Å²) in [4.78, 5) is 18.3. The van der Waals surface area contributed by atoms with Crippen molar-refractivity contribution in [2.75, 3.05) is 24.7 Å². The molecular formula is C23H23N5O3. The van der Waals surface area contributed by atoms with E-state index in [1.165, 1.54) is 6.33 Å². The first-order valence-corrected chi connectivity index (χ1v) is 9.55. The fourth-order valence-corrected chi connectivity index (χ4v) is 2.76. The van der Waals surface area contributed by atoms with E-state index in [-0.39, 0.29) is 17.5 Å². The van der Waals surface area contributed by atoms with Crippen molar-refractivity contribution in [3.8, 4) is 11.5 Å². The maximum absolute atomic E-state index is 10.3. The van der Waals surface area contributed by atoms with Crippen LogP contribution in [0.5, 0.6) is 11.5 Å². The molecule has 0 radical (unpaired) electrons. The normalized spacial score (nSPS) is 12.4. The number of nitrogens with zero attached hydrogens (tertiary/aromatic N) is 2. The Kier molecular flexibility index (Phi) is 6.95. The summed E-state index contributed by atoms with van der Waals surface area (Å²) in [5.74, 6) is 2.02. The van der Waals surface area contributed by atoms with Crippen molar-refractivity contribution in [2.24, 2.45) is 0 Å². The summed E-state index contributed by atoms with van der Waals surface area (Å²) in [5.41, 5.74) is 7.95. The Morgan fingerprint density at radius 3 is 2.35 bits per heavy atom. The molecule has 0 aliphatic carbocycles. The zero-order valence-electron chi connectivity index (χ0n) is 17.1. The molecule has 158 valence electrons. The predicted molar refractivity (Wildman–Crippen MR) is 120 cm³/mol. The van der Waals surface area contributed by atoms with Gasteiger partial charge in [-0.25, -0.2) is 14.8 Å². The number of carbonyl (C=O) groups excluding carboxylic acids is 1. The van der Waals surface area contributed by atoms with Crippen molar-refractivity contribution >= 4 is 23.3 Å². The van der Waals surface area contributed by atoms with Gasteiger partial charge in [0, 0.05) is 24.6 Å². The molecule has 0 unspecified atom stereocenters. The Hall–Kier alpha value is -4.20. The molecule has 31 heavy (non-hydrogen) atoms. The Labute approximate surface area is 180 Å². The van der Waals surface area contributed by atoms with Crippen molar-refractivity contribution in [1.29, 1.82) is 5.41 Å². The predicted octanol–water partition coefficient (Wildman–Crippen LogP) is 3.80. The molecule has 0 amide bonds. The highest BCUT2D eigenvalue weighted by Gasteiger charge is 2.16. The first-order chi connectivity index (χ1) is 15.0. The largest absolute Gasteiger partial charge is 0.462 e. The Bertz CT molecular complexity index is 1070. The van der Waals surface area contributed by atoms with Gasteiger partial charge in [-0.3, -0.25) is 5.41 Å². The number of aromatic nitrogens is 2. The fourth-order valence-electron chi connectivity index (χ4n) is 2.76. The number of benzene rings is 2. The maximum atomic E-state index is 10.3. The lowest BCUT2D eigenvalue weighted by atomic mass is 10.0. The van der Waals surface area contributed by atoms with Gasteiger partial charge in [0.25, 0.3) is 0 Å². The topological polar surface area (TPSA) is 123 Å². The van der Waals surface area contributed by atoms with E-state index >= 15 is 0 Å². The quantitative estimate of drug-likeness (QED) is 0.328. The fraction of sp³-hybridized carbons (Fsp3) is 0.130. The molecule has 1 aromatic heterocycles. The number of rotatable bonds is 5. The van der Waals surface area contributed by atoms with Crippen LogP contribution in [0, 0.1) is 5.41 Å². The number of para-hydroxylation sites is 1. The first kappa shape index (κ1) is 21.5. The van der Waals surface area contributed by atoms with Gasteiger partial charge in [0.15, 0.2) is 0 Å². The van der Waals surface area contributed by atoms with Gasteiger partial charge < -0.3 is 20.5 Å². The third kappa shape index (κ3) is 5.45. The zero-order valence-corrected chi connectivity index (χ0v) is 17.1. The second-order valence-corrected chi connectivity index (χ2v) is 6.54. The highest BCUT2D eigenvalue weighted by Crippen LogP contribution is 2.24. The van der Waals surface area contributed by atoms with Crippen LogP contribution in [0.2, 0.25) is 0 Å². The summed E-state index contributed by atoms with van der Waals surface area (Å²) in [6.07, 6.45) is 2.08. The summed E-state index contributed by atoms with van der Waals surface area (Å²) < 4.78 is 10.3. The van der Waals surface area contributed by atoms with Crippen LogP contribution < -0.4 is 15.8 Å². The van der Waals surface area contributed by atoms with Crippen LogP contribution in [0.3, 0.4) is 0 Å². The number of esters is 1. The van der Waals surface area contributed by atoms with Crippen LogP contribution in [0.25, 0.3) is 0 Å². The molecule has 0 saturated carbocycles. The van der Waals surface area contributed by atoms with Gasteiger partial charge in [0.2, 0.25) is 0 Å². The minimum Gasteiger partial charge on any atom is -0.462 e. The van der Waals surface area contributed by atoms with E-state index in [2.05, 4.69) is 26.6 Å². The summed E-state index contributed by atoms with van der Waals surface area (Å²) >= 11 is 0. The standard InChI is InChI=1S/C18H17N5O.C5H6O2/c1-21-18-15(17(20)22-11-23-18)16(19)12-7-9-14(10-8-12)24-13-5-3-2-4-6-13;1-4-2-3-7-5(4)6/h2-11,19H,1H3,(H3,20,21,22,23);1-3H2. The molecule has 2 heterocycles. The molecule has 4 N–H and O–H groups in total. The van der Waals surface area contributed by atoms with Gasteiger partial charge in [0.05, 0.1) is 17.9 Å². The SMILES string of the molecule is C=C1CCOC1=O.CNc1ncnc(N)c1C(=N)c1ccc(Oc2ccccc2)cc1. The first-order valence-electron chi connectivity index (χ1n) is 9.55. The molecule has 1 fully saturated rings. The number of cyclic esters (lactones) is 1. The summed E-state index contributed by atoms with van der Waals surface area (Å²) in [6, 6.07) is 16.8. The zero-order chi connectivity index (χ0) is 22.2. The van der Waals surface area contributed by atoms with Crippen LogP contribution >= 0.6 is 0 Å². The monoisotopic (exact) mass is 417 g/mol. The molecule has 4 rings (SSSR count). The molecule has 3 aromatic rings. The minimum absolute atomic E-state index is 0.236.